The van der Waals surface area contributed by atoms with Crippen molar-refractivity contribution in [1.82, 2.24) is 0 Å². The fourth-order valence-corrected chi connectivity index (χ4v) is 5.93. The minimum absolute atomic E-state index is 0.193. The predicted molar refractivity (Wildman–Crippen MR) is 180 cm³/mol. The van der Waals surface area contributed by atoms with E-state index in [0.717, 1.165) is 26.3 Å². The van der Waals surface area contributed by atoms with Crippen molar-refractivity contribution in [3.63, 3.8) is 0 Å². The SMILES string of the molecule is COc1cc(/C=C2\C(=O)N(c3ccc(C)cc3)C(=O)N(c3cccc4ccccc34)C2=O)cc(Br)c1OCc1ccccc1Cl. The van der Waals surface area contributed by atoms with Gasteiger partial charge in [0, 0.05) is 16.0 Å². The maximum atomic E-state index is 14.1. The summed E-state index contributed by atoms with van der Waals surface area (Å²) < 4.78 is 12.2. The van der Waals surface area contributed by atoms with Crippen molar-refractivity contribution in [3.8, 4) is 11.5 Å². The molecular weight excluding hydrogens is 656 g/mol. The number of hydrogen-bond acceptors (Lipinski definition) is 5. The van der Waals surface area contributed by atoms with E-state index in [4.69, 9.17) is 21.1 Å². The molecule has 0 spiro atoms. The lowest BCUT2D eigenvalue weighted by Crippen LogP contribution is -2.57. The first-order chi connectivity index (χ1) is 21.8. The normalized spacial score (nSPS) is 14.4. The van der Waals surface area contributed by atoms with Crippen LogP contribution in [0, 0.1) is 6.92 Å². The third kappa shape index (κ3) is 5.82. The van der Waals surface area contributed by atoms with Crippen LogP contribution < -0.4 is 19.3 Å². The van der Waals surface area contributed by atoms with Crippen molar-refractivity contribution in [1.29, 1.82) is 0 Å². The highest BCUT2D eigenvalue weighted by molar-refractivity contribution is 9.10. The number of imide groups is 2. The van der Waals surface area contributed by atoms with Crippen LogP contribution in [0.1, 0.15) is 16.7 Å². The third-order valence-corrected chi connectivity index (χ3v) is 8.40. The maximum absolute atomic E-state index is 14.1. The summed E-state index contributed by atoms with van der Waals surface area (Å²) >= 11 is 9.86. The Hall–Kier alpha value is -4.92. The highest BCUT2D eigenvalue weighted by Gasteiger charge is 2.44. The fraction of sp³-hybridized carbons (Fsp3) is 0.0833. The molecule has 5 aromatic carbocycles. The first-order valence-electron chi connectivity index (χ1n) is 14.0. The Morgan fingerprint density at radius 1 is 0.822 bits per heavy atom. The molecule has 1 fully saturated rings. The molecule has 4 amide bonds. The molecule has 1 aliphatic rings. The lowest BCUT2D eigenvalue weighted by Gasteiger charge is -2.34. The molecule has 224 valence electrons. The van der Waals surface area contributed by atoms with Gasteiger partial charge in [0.05, 0.1) is 23.0 Å². The van der Waals surface area contributed by atoms with Crippen molar-refractivity contribution >= 4 is 73.6 Å². The topological polar surface area (TPSA) is 76.2 Å². The monoisotopic (exact) mass is 680 g/mol. The Balaban J connectivity index is 1.44. The highest BCUT2D eigenvalue weighted by Crippen LogP contribution is 2.39. The number of hydrogen-bond donors (Lipinski definition) is 0. The standard InChI is InChI=1S/C36H26BrClN2O5/c1-22-14-16-26(17-15-22)39-34(41)28(35(42)40(36(39)43)31-13-7-10-24-8-3-5-11-27(24)31)18-23-19-29(37)33(32(20-23)44-2)45-21-25-9-4-6-12-30(25)38/h3-20H,21H2,1-2H3/b28-18+. The third-order valence-electron chi connectivity index (χ3n) is 7.44. The summed E-state index contributed by atoms with van der Waals surface area (Å²) in [6.45, 7) is 2.10. The second-order valence-electron chi connectivity index (χ2n) is 10.4. The van der Waals surface area contributed by atoms with Crippen LogP contribution in [0.4, 0.5) is 16.2 Å². The van der Waals surface area contributed by atoms with Gasteiger partial charge < -0.3 is 9.47 Å². The molecule has 0 saturated carbocycles. The molecular formula is C36H26BrClN2O5. The molecule has 0 unspecified atom stereocenters. The van der Waals surface area contributed by atoms with Crippen LogP contribution in [0.3, 0.4) is 0 Å². The van der Waals surface area contributed by atoms with E-state index in [2.05, 4.69) is 15.9 Å². The molecule has 7 nitrogen and oxygen atoms in total. The van der Waals surface area contributed by atoms with Crippen LogP contribution >= 0.6 is 27.5 Å². The van der Waals surface area contributed by atoms with E-state index >= 15 is 0 Å². The fourth-order valence-electron chi connectivity index (χ4n) is 5.16. The number of ether oxygens (including phenoxy) is 2. The molecule has 0 atom stereocenters. The Bertz CT molecular complexity index is 2000. The van der Waals surface area contributed by atoms with Gasteiger partial charge in [-0.1, -0.05) is 83.9 Å². The summed E-state index contributed by atoms with van der Waals surface area (Å²) in [4.78, 5) is 44.2. The summed E-state index contributed by atoms with van der Waals surface area (Å²) in [5, 5.41) is 2.12. The average Bonchev–Trinajstić information content (AvgIpc) is 3.04. The number of nitrogens with zero attached hydrogens (tertiary/aromatic N) is 2. The zero-order valence-electron chi connectivity index (χ0n) is 24.3. The van der Waals surface area contributed by atoms with Crippen LogP contribution in [0.25, 0.3) is 16.8 Å². The van der Waals surface area contributed by atoms with E-state index in [1.165, 1.54) is 13.2 Å². The number of halogens is 2. The van der Waals surface area contributed by atoms with Gasteiger partial charge in [0.2, 0.25) is 0 Å². The Kier molecular flexibility index (Phi) is 8.43. The molecule has 9 heteroatoms. The van der Waals surface area contributed by atoms with Crippen molar-refractivity contribution in [2.75, 3.05) is 16.9 Å². The Morgan fingerprint density at radius 2 is 1.51 bits per heavy atom. The molecule has 1 saturated heterocycles. The van der Waals surface area contributed by atoms with Crippen LogP contribution in [0.15, 0.2) is 113 Å². The van der Waals surface area contributed by atoms with Crippen LogP contribution in [0.2, 0.25) is 5.02 Å². The number of barbiturate groups is 1. The molecule has 5 aromatic rings. The highest BCUT2D eigenvalue weighted by atomic mass is 79.9. The first-order valence-corrected chi connectivity index (χ1v) is 15.2. The smallest absolute Gasteiger partial charge is 0.343 e. The van der Waals surface area contributed by atoms with E-state index in [-0.39, 0.29) is 12.2 Å². The molecule has 1 heterocycles. The van der Waals surface area contributed by atoms with Crippen molar-refractivity contribution < 1.29 is 23.9 Å². The van der Waals surface area contributed by atoms with Gasteiger partial charge in [0.1, 0.15) is 12.2 Å². The molecule has 6 rings (SSSR count). The van der Waals surface area contributed by atoms with E-state index in [1.807, 2.05) is 55.5 Å². The van der Waals surface area contributed by atoms with Crippen molar-refractivity contribution in [2.45, 2.75) is 13.5 Å². The number of aryl methyl sites for hydroxylation is 1. The summed E-state index contributed by atoms with van der Waals surface area (Å²) in [5.41, 5.74) is 2.77. The average molecular weight is 682 g/mol. The van der Waals surface area contributed by atoms with Gasteiger partial charge in [0.15, 0.2) is 11.5 Å². The summed E-state index contributed by atoms with van der Waals surface area (Å²) in [5.74, 6) is -0.676. The molecule has 45 heavy (non-hydrogen) atoms. The quantitative estimate of drug-likeness (QED) is 0.127. The van der Waals surface area contributed by atoms with Crippen LogP contribution in [-0.4, -0.2) is 25.0 Å². The Labute approximate surface area is 273 Å². The Morgan fingerprint density at radius 3 is 2.27 bits per heavy atom. The van der Waals surface area contributed by atoms with Crippen LogP contribution in [-0.2, 0) is 16.2 Å². The number of carbonyl (C=O) groups excluding carboxylic acids is 3. The zero-order chi connectivity index (χ0) is 31.7. The predicted octanol–water partition coefficient (Wildman–Crippen LogP) is 8.74. The zero-order valence-corrected chi connectivity index (χ0v) is 26.6. The summed E-state index contributed by atoms with van der Waals surface area (Å²) in [6, 6.07) is 29.8. The number of urea groups is 1. The molecule has 0 bridgehead atoms. The van der Waals surface area contributed by atoms with Crippen molar-refractivity contribution in [3.05, 3.63) is 135 Å². The second-order valence-corrected chi connectivity index (χ2v) is 11.6. The first kappa shape index (κ1) is 30.1. The van der Waals surface area contributed by atoms with Gasteiger partial charge in [-0.2, -0.15) is 0 Å². The van der Waals surface area contributed by atoms with Crippen molar-refractivity contribution in [2.24, 2.45) is 0 Å². The number of carbonyl (C=O) groups is 3. The van der Waals surface area contributed by atoms with Gasteiger partial charge in [-0.3, -0.25) is 9.59 Å². The van der Waals surface area contributed by atoms with Crippen LogP contribution in [0.5, 0.6) is 11.5 Å². The number of anilines is 2. The molecule has 1 aliphatic heterocycles. The van der Waals surface area contributed by atoms with Gasteiger partial charge >= 0.3 is 6.03 Å². The van der Waals surface area contributed by atoms with E-state index in [9.17, 15) is 14.4 Å². The second kappa shape index (κ2) is 12.6. The maximum Gasteiger partial charge on any atom is 0.343 e. The number of fused-ring (bicyclic) bond motifs is 1. The number of methoxy groups -OCH3 is 1. The van der Waals surface area contributed by atoms with Gasteiger partial charge in [0.25, 0.3) is 11.8 Å². The van der Waals surface area contributed by atoms with E-state index in [1.54, 1.807) is 54.6 Å². The minimum Gasteiger partial charge on any atom is -0.493 e. The molecule has 0 aromatic heterocycles. The molecule has 0 aliphatic carbocycles. The summed E-state index contributed by atoms with van der Waals surface area (Å²) in [6.07, 6.45) is 1.46. The van der Waals surface area contributed by atoms with E-state index < -0.39 is 17.8 Å². The number of benzene rings is 5. The molecule has 0 radical (unpaired) electrons. The summed E-state index contributed by atoms with van der Waals surface area (Å²) in [7, 11) is 1.50. The minimum atomic E-state index is -0.760. The van der Waals surface area contributed by atoms with Gasteiger partial charge in [-0.25, -0.2) is 14.6 Å². The lowest BCUT2D eigenvalue weighted by atomic mass is 10.0. The number of rotatable bonds is 7. The van der Waals surface area contributed by atoms with Gasteiger partial charge in [-0.05, 0) is 76.3 Å². The lowest BCUT2D eigenvalue weighted by molar-refractivity contribution is -0.121. The van der Waals surface area contributed by atoms with E-state index in [0.29, 0.717) is 43.3 Å². The largest absolute Gasteiger partial charge is 0.493 e. The van der Waals surface area contributed by atoms with Gasteiger partial charge in [-0.15, -0.1) is 0 Å². The number of amides is 4. The molecule has 0 N–H and O–H groups in total.